The number of carbonyl (C=O) groups is 2. The monoisotopic (exact) mass is 408 g/mol. The highest BCUT2D eigenvalue weighted by molar-refractivity contribution is 6.00. The molecule has 152 valence electrons. The van der Waals surface area contributed by atoms with Gasteiger partial charge in [0.1, 0.15) is 5.92 Å². The summed E-state index contributed by atoms with van der Waals surface area (Å²) in [6.45, 7) is -0.0593. The summed E-state index contributed by atoms with van der Waals surface area (Å²) in [4.78, 5) is 25.1. The molecule has 2 heterocycles. The zero-order chi connectivity index (χ0) is 20.8. The van der Waals surface area contributed by atoms with Gasteiger partial charge in [0.25, 0.3) is 0 Å². The molecule has 2 aliphatic heterocycles. The number of aliphatic hydroxyl groups is 1. The number of carbonyl (C=O) groups excluding carboxylic acids is 2. The largest absolute Gasteiger partial charge is 0.454 e. The predicted octanol–water partition coefficient (Wildman–Crippen LogP) is 2.52. The fourth-order valence-corrected chi connectivity index (χ4v) is 3.51. The lowest BCUT2D eigenvalue weighted by Gasteiger charge is -2.45. The van der Waals surface area contributed by atoms with E-state index in [2.05, 4.69) is 5.32 Å². The minimum absolute atomic E-state index is 0.0381. The molecule has 10 heteroatoms. The van der Waals surface area contributed by atoms with E-state index in [1.54, 1.807) is 6.07 Å². The smallest absolute Gasteiger partial charge is 0.437 e. The molecule has 29 heavy (non-hydrogen) atoms. The van der Waals surface area contributed by atoms with Crippen molar-refractivity contribution in [3.05, 3.63) is 59.7 Å². The molecule has 1 saturated heterocycles. The summed E-state index contributed by atoms with van der Waals surface area (Å²) in [5.74, 6) is -2.44. The quantitative estimate of drug-likeness (QED) is 0.679. The van der Waals surface area contributed by atoms with E-state index in [0.29, 0.717) is 5.75 Å². The summed E-state index contributed by atoms with van der Waals surface area (Å²) in [7, 11) is 0. The number of alkyl halides is 3. The van der Waals surface area contributed by atoms with Gasteiger partial charge >= 0.3 is 12.2 Å². The minimum atomic E-state index is -5.31. The molecule has 2 aromatic carbocycles. The predicted molar refractivity (Wildman–Crippen MR) is 92.2 cm³/mol. The Kier molecular flexibility index (Phi) is 4.38. The minimum Gasteiger partial charge on any atom is -0.454 e. The van der Waals surface area contributed by atoms with Crippen molar-refractivity contribution >= 4 is 11.8 Å². The van der Waals surface area contributed by atoms with E-state index < -0.39 is 35.7 Å². The van der Waals surface area contributed by atoms with Crippen molar-refractivity contribution < 1.29 is 37.3 Å². The number of benzene rings is 2. The van der Waals surface area contributed by atoms with Crippen molar-refractivity contribution in [2.45, 2.75) is 17.9 Å². The maximum absolute atomic E-state index is 13.8. The summed E-state index contributed by atoms with van der Waals surface area (Å²) < 4.78 is 52.0. The van der Waals surface area contributed by atoms with E-state index in [1.165, 1.54) is 47.8 Å². The van der Waals surface area contributed by atoms with E-state index in [1.807, 2.05) is 0 Å². The van der Waals surface area contributed by atoms with Crippen molar-refractivity contribution in [3.63, 3.8) is 0 Å². The number of urea groups is 1. The Balaban J connectivity index is 1.84. The second-order valence-corrected chi connectivity index (χ2v) is 6.66. The van der Waals surface area contributed by atoms with Gasteiger partial charge < -0.3 is 25.2 Å². The molecule has 0 aliphatic carbocycles. The molecular formula is C19H15F3N2O5. The Morgan fingerprint density at radius 1 is 1.10 bits per heavy atom. The van der Waals surface area contributed by atoms with Gasteiger partial charge in [0.15, 0.2) is 17.3 Å². The maximum atomic E-state index is 13.8. The molecule has 3 atom stereocenters. The summed E-state index contributed by atoms with van der Waals surface area (Å²) in [6.07, 6.45) is -5.31. The first-order valence-electron chi connectivity index (χ1n) is 8.57. The number of halogens is 3. The van der Waals surface area contributed by atoms with Crippen LogP contribution in [0.4, 0.5) is 18.0 Å². The van der Waals surface area contributed by atoms with E-state index in [4.69, 9.17) is 9.47 Å². The van der Waals surface area contributed by atoms with E-state index in [0.717, 1.165) is 0 Å². The van der Waals surface area contributed by atoms with E-state index in [9.17, 15) is 27.9 Å². The number of ketones is 1. The summed E-state index contributed by atoms with van der Waals surface area (Å²) in [6, 6.07) is 8.77. The highest BCUT2D eigenvalue weighted by atomic mass is 19.4. The van der Waals surface area contributed by atoms with Gasteiger partial charge in [-0.2, -0.15) is 13.2 Å². The molecular weight excluding hydrogens is 393 g/mol. The van der Waals surface area contributed by atoms with Gasteiger partial charge in [0.05, 0.1) is 6.04 Å². The van der Waals surface area contributed by atoms with Crippen molar-refractivity contribution in [1.82, 2.24) is 10.6 Å². The first-order chi connectivity index (χ1) is 13.7. The molecule has 2 amide bonds. The lowest BCUT2D eigenvalue weighted by atomic mass is 9.77. The molecule has 7 nitrogen and oxygen atoms in total. The van der Waals surface area contributed by atoms with Crippen molar-refractivity contribution in [3.8, 4) is 11.5 Å². The van der Waals surface area contributed by atoms with Crippen molar-refractivity contribution in [2.75, 3.05) is 6.79 Å². The van der Waals surface area contributed by atoms with E-state index in [-0.39, 0.29) is 23.7 Å². The lowest BCUT2D eigenvalue weighted by molar-refractivity contribution is -0.287. The molecule has 0 radical (unpaired) electrons. The van der Waals surface area contributed by atoms with Crippen LogP contribution < -0.4 is 20.1 Å². The number of Topliss-reactive ketones (excluding diaryl/α,β-unsaturated/α-hetero) is 1. The fourth-order valence-electron chi connectivity index (χ4n) is 3.51. The summed E-state index contributed by atoms with van der Waals surface area (Å²) in [5.41, 5.74) is -3.66. The second kappa shape index (κ2) is 6.66. The first kappa shape index (κ1) is 19.1. The molecule has 0 saturated carbocycles. The lowest BCUT2D eigenvalue weighted by Crippen LogP contribution is -2.72. The van der Waals surface area contributed by atoms with Crippen molar-refractivity contribution in [2.24, 2.45) is 5.92 Å². The molecule has 4 rings (SSSR count). The number of amides is 2. The van der Waals surface area contributed by atoms with Gasteiger partial charge in [-0.1, -0.05) is 36.4 Å². The Hall–Kier alpha value is -3.27. The third-order valence-electron chi connectivity index (χ3n) is 4.90. The van der Waals surface area contributed by atoms with Crippen LogP contribution in [-0.2, 0) is 0 Å². The Labute approximate surface area is 162 Å². The topological polar surface area (TPSA) is 96.9 Å². The highest BCUT2D eigenvalue weighted by Crippen LogP contribution is 2.45. The molecule has 0 spiro atoms. The van der Waals surface area contributed by atoms with Crippen LogP contribution in [0.25, 0.3) is 0 Å². The van der Waals surface area contributed by atoms with Gasteiger partial charge in [-0.15, -0.1) is 0 Å². The normalized spacial score (nSPS) is 25.9. The zero-order valence-corrected chi connectivity index (χ0v) is 14.7. The SMILES string of the molecule is O=C1N[C@H](c2ccc3c(c2)OCO3)[C@H](C(=O)c2ccccc2)[C@](O)(C(F)(F)F)N1. The molecule has 3 N–H and O–H groups in total. The zero-order valence-electron chi connectivity index (χ0n) is 14.7. The second-order valence-electron chi connectivity index (χ2n) is 6.66. The van der Waals surface area contributed by atoms with Gasteiger partial charge in [-0.25, -0.2) is 4.79 Å². The number of ether oxygens (including phenoxy) is 2. The van der Waals surface area contributed by atoms with Crippen LogP contribution in [0.2, 0.25) is 0 Å². The average Bonchev–Trinajstić information content (AvgIpc) is 3.14. The van der Waals surface area contributed by atoms with Crippen LogP contribution in [0.5, 0.6) is 11.5 Å². The third kappa shape index (κ3) is 3.15. The number of fused-ring (bicyclic) bond motifs is 1. The van der Waals surface area contributed by atoms with Crippen LogP contribution in [0.1, 0.15) is 22.0 Å². The van der Waals surface area contributed by atoms with Crippen LogP contribution >= 0.6 is 0 Å². The number of hydrogen-bond donors (Lipinski definition) is 3. The maximum Gasteiger partial charge on any atom is 0.437 e. The van der Waals surface area contributed by atoms with Crippen LogP contribution in [0, 0.1) is 5.92 Å². The Bertz CT molecular complexity index is 966. The molecule has 1 fully saturated rings. The first-order valence-corrected chi connectivity index (χ1v) is 8.57. The highest BCUT2D eigenvalue weighted by Gasteiger charge is 2.66. The van der Waals surface area contributed by atoms with Crippen LogP contribution in [0.15, 0.2) is 48.5 Å². The van der Waals surface area contributed by atoms with Crippen molar-refractivity contribution in [1.29, 1.82) is 0 Å². The van der Waals surface area contributed by atoms with Gasteiger partial charge in [0, 0.05) is 5.56 Å². The number of rotatable bonds is 3. The van der Waals surface area contributed by atoms with E-state index >= 15 is 0 Å². The van der Waals surface area contributed by atoms with Gasteiger partial charge in [-0.3, -0.25) is 4.79 Å². The Morgan fingerprint density at radius 2 is 1.79 bits per heavy atom. The number of hydrogen-bond acceptors (Lipinski definition) is 5. The van der Waals surface area contributed by atoms with Crippen LogP contribution in [-0.4, -0.2) is 35.6 Å². The van der Waals surface area contributed by atoms with Crippen LogP contribution in [0.3, 0.4) is 0 Å². The summed E-state index contributed by atoms with van der Waals surface area (Å²) in [5, 5.41) is 14.3. The third-order valence-corrected chi connectivity index (χ3v) is 4.90. The standard InChI is InChI=1S/C19H15F3N2O5/c20-19(21,22)18(27)14(16(25)10-4-2-1-3-5-10)15(23-17(26)24-18)11-6-7-12-13(8-11)29-9-28-12/h1-8,14-15,27H,9H2,(H2,23,24,26)/t14-,15-,18+/m1/s1. The molecule has 0 bridgehead atoms. The Morgan fingerprint density at radius 3 is 2.48 bits per heavy atom. The molecule has 0 unspecified atom stereocenters. The van der Waals surface area contributed by atoms with Gasteiger partial charge in [0.2, 0.25) is 12.5 Å². The average molecular weight is 408 g/mol. The fraction of sp³-hybridized carbons (Fsp3) is 0.263. The van der Waals surface area contributed by atoms with Gasteiger partial charge in [-0.05, 0) is 17.7 Å². The summed E-state index contributed by atoms with van der Waals surface area (Å²) >= 11 is 0. The molecule has 2 aromatic rings. The number of nitrogens with one attached hydrogen (secondary N) is 2. The molecule has 2 aliphatic rings. The molecule has 0 aromatic heterocycles.